The minimum Gasteiger partial charge on any atom is -0.344 e. The quantitative estimate of drug-likeness (QED) is 0.917. The predicted octanol–water partition coefficient (Wildman–Crippen LogP) is 2.15. The van der Waals surface area contributed by atoms with Crippen LogP contribution in [-0.4, -0.2) is 29.4 Å². The number of nitrogens with two attached hydrogens (primary N) is 1. The maximum Gasteiger partial charge on any atom is 0.243 e. The number of carbonyl (C=O) groups excluding carboxylic acids is 1. The van der Waals surface area contributed by atoms with Crippen molar-refractivity contribution in [2.75, 3.05) is 13.6 Å². The lowest BCUT2D eigenvalue weighted by Crippen LogP contribution is -2.37. The zero-order valence-electron chi connectivity index (χ0n) is 11.7. The third-order valence-corrected chi connectivity index (χ3v) is 4.10. The molecule has 4 nitrogen and oxygen atoms in total. The first-order valence-electron chi connectivity index (χ1n) is 6.54. The molecule has 1 aromatic heterocycles. The summed E-state index contributed by atoms with van der Waals surface area (Å²) in [6, 6.07) is 8.84. The molecule has 1 aromatic carbocycles. The van der Waals surface area contributed by atoms with Gasteiger partial charge in [0.05, 0.1) is 5.01 Å². The lowest BCUT2D eigenvalue weighted by atomic mass is 10.1. The molecule has 2 rings (SSSR count). The summed E-state index contributed by atoms with van der Waals surface area (Å²) >= 11 is 1.67. The number of hydrogen-bond acceptors (Lipinski definition) is 4. The van der Waals surface area contributed by atoms with Crippen molar-refractivity contribution < 1.29 is 4.79 Å². The van der Waals surface area contributed by atoms with Crippen LogP contribution in [0, 0.1) is 6.92 Å². The van der Waals surface area contributed by atoms with Gasteiger partial charge < -0.3 is 10.6 Å². The number of aromatic nitrogens is 1. The molecule has 0 saturated carbocycles. The van der Waals surface area contributed by atoms with Crippen LogP contribution in [-0.2, 0) is 11.2 Å². The highest BCUT2D eigenvalue weighted by atomic mass is 32.1. The maximum absolute atomic E-state index is 12.3. The van der Waals surface area contributed by atoms with E-state index in [2.05, 4.69) is 4.98 Å². The normalized spacial score (nSPS) is 12.2. The van der Waals surface area contributed by atoms with E-state index in [9.17, 15) is 4.79 Å². The highest BCUT2D eigenvalue weighted by molar-refractivity contribution is 7.11. The maximum atomic E-state index is 12.3. The topological polar surface area (TPSA) is 59.2 Å². The first-order chi connectivity index (χ1) is 9.58. The number of carbonyl (C=O) groups is 1. The molecule has 0 fully saturated rings. The lowest BCUT2D eigenvalue weighted by molar-refractivity contribution is -0.131. The molecule has 0 bridgehead atoms. The van der Waals surface area contributed by atoms with Gasteiger partial charge in [0, 0.05) is 31.1 Å². The number of aryl methyl sites for hydroxylation is 1. The number of thiazole rings is 1. The molecule has 1 amide bonds. The van der Waals surface area contributed by atoms with Gasteiger partial charge in [-0.3, -0.25) is 4.79 Å². The van der Waals surface area contributed by atoms with Crippen LogP contribution in [0.25, 0.3) is 0 Å². The molecule has 0 saturated heterocycles. The number of hydrogen-bond donors (Lipinski definition) is 1. The molecule has 5 heteroatoms. The Kier molecular flexibility index (Phi) is 4.87. The van der Waals surface area contributed by atoms with Gasteiger partial charge >= 0.3 is 0 Å². The SMILES string of the molecule is Cc1cnc(CCN(C)C(=O)[C@@H](N)c2ccccc2)s1. The van der Waals surface area contributed by atoms with Crippen molar-refractivity contribution in [1.29, 1.82) is 0 Å². The van der Waals surface area contributed by atoms with Crippen molar-refractivity contribution in [3.8, 4) is 0 Å². The highest BCUT2D eigenvalue weighted by Gasteiger charge is 2.19. The molecular weight excluding hydrogens is 270 g/mol. The Morgan fingerprint density at radius 1 is 1.40 bits per heavy atom. The summed E-state index contributed by atoms with van der Waals surface area (Å²) in [5, 5.41) is 1.05. The van der Waals surface area contributed by atoms with Crippen LogP contribution in [0.4, 0.5) is 0 Å². The molecule has 0 aliphatic rings. The molecule has 0 radical (unpaired) electrons. The minimum atomic E-state index is -0.598. The van der Waals surface area contributed by atoms with Crippen molar-refractivity contribution in [1.82, 2.24) is 9.88 Å². The van der Waals surface area contributed by atoms with Crippen LogP contribution in [0.5, 0.6) is 0 Å². The molecule has 20 heavy (non-hydrogen) atoms. The Balaban J connectivity index is 1.91. The summed E-state index contributed by atoms with van der Waals surface area (Å²) in [5.74, 6) is -0.0653. The molecule has 2 N–H and O–H groups in total. The van der Waals surface area contributed by atoms with E-state index >= 15 is 0 Å². The van der Waals surface area contributed by atoms with Crippen molar-refractivity contribution in [2.24, 2.45) is 5.73 Å². The van der Waals surface area contributed by atoms with Gasteiger partial charge in [0.2, 0.25) is 5.91 Å². The monoisotopic (exact) mass is 289 g/mol. The van der Waals surface area contributed by atoms with E-state index in [4.69, 9.17) is 5.73 Å². The van der Waals surface area contributed by atoms with Gasteiger partial charge in [0.15, 0.2) is 0 Å². The fraction of sp³-hybridized carbons (Fsp3) is 0.333. The Bertz CT molecular complexity index is 568. The smallest absolute Gasteiger partial charge is 0.243 e. The summed E-state index contributed by atoms with van der Waals surface area (Å²) in [5.41, 5.74) is 6.85. The number of rotatable bonds is 5. The summed E-state index contributed by atoms with van der Waals surface area (Å²) in [6.07, 6.45) is 2.62. The molecule has 0 spiro atoms. The molecule has 1 heterocycles. The van der Waals surface area contributed by atoms with Crippen LogP contribution in [0.2, 0.25) is 0 Å². The van der Waals surface area contributed by atoms with E-state index in [1.165, 1.54) is 4.88 Å². The van der Waals surface area contributed by atoms with Gasteiger partial charge in [-0.05, 0) is 12.5 Å². The Morgan fingerprint density at radius 2 is 2.10 bits per heavy atom. The summed E-state index contributed by atoms with van der Waals surface area (Å²) in [6.45, 7) is 2.66. The number of likely N-dealkylation sites (N-methyl/N-ethyl adjacent to an activating group) is 1. The van der Waals surface area contributed by atoms with Gasteiger partial charge in [-0.2, -0.15) is 0 Å². The number of benzene rings is 1. The largest absolute Gasteiger partial charge is 0.344 e. The van der Waals surface area contributed by atoms with Crippen LogP contribution >= 0.6 is 11.3 Å². The van der Waals surface area contributed by atoms with Gasteiger partial charge in [-0.1, -0.05) is 30.3 Å². The fourth-order valence-corrected chi connectivity index (χ4v) is 2.71. The van der Waals surface area contributed by atoms with Crippen LogP contribution in [0.1, 0.15) is 21.5 Å². The third-order valence-electron chi connectivity index (χ3n) is 3.13. The standard InChI is InChI=1S/C15H19N3OS/c1-11-10-17-13(20-11)8-9-18(2)15(19)14(16)12-6-4-3-5-7-12/h3-7,10,14H,8-9,16H2,1-2H3/t14-/m0/s1. The molecule has 1 atom stereocenters. The van der Waals surface area contributed by atoms with E-state index in [0.29, 0.717) is 6.54 Å². The summed E-state index contributed by atoms with van der Waals surface area (Å²) in [7, 11) is 1.78. The third kappa shape index (κ3) is 3.65. The molecule has 0 unspecified atom stereocenters. The average molecular weight is 289 g/mol. The van der Waals surface area contributed by atoms with Crippen molar-refractivity contribution in [2.45, 2.75) is 19.4 Å². The number of amides is 1. The van der Waals surface area contributed by atoms with Crippen molar-refractivity contribution in [3.05, 3.63) is 52.0 Å². The fourth-order valence-electron chi connectivity index (χ4n) is 1.93. The zero-order chi connectivity index (χ0) is 14.5. The second-order valence-electron chi connectivity index (χ2n) is 4.76. The minimum absolute atomic E-state index is 0.0653. The van der Waals surface area contributed by atoms with Gasteiger partial charge in [0.1, 0.15) is 6.04 Å². The van der Waals surface area contributed by atoms with E-state index in [-0.39, 0.29) is 5.91 Å². The molecule has 2 aromatic rings. The van der Waals surface area contributed by atoms with Crippen LogP contribution in [0.3, 0.4) is 0 Å². The van der Waals surface area contributed by atoms with E-state index in [1.807, 2.05) is 43.5 Å². The van der Waals surface area contributed by atoms with Gasteiger partial charge in [-0.25, -0.2) is 4.98 Å². The predicted molar refractivity (Wildman–Crippen MR) is 81.6 cm³/mol. The Hall–Kier alpha value is -1.72. The first-order valence-corrected chi connectivity index (χ1v) is 7.36. The average Bonchev–Trinajstić information content (AvgIpc) is 2.89. The lowest BCUT2D eigenvalue weighted by Gasteiger charge is -2.21. The van der Waals surface area contributed by atoms with Crippen LogP contribution < -0.4 is 5.73 Å². The second kappa shape index (κ2) is 6.63. The van der Waals surface area contributed by atoms with Crippen molar-refractivity contribution in [3.63, 3.8) is 0 Å². The molecule has 0 aliphatic carbocycles. The van der Waals surface area contributed by atoms with Gasteiger partial charge in [-0.15, -0.1) is 11.3 Å². The summed E-state index contributed by atoms with van der Waals surface area (Å²) in [4.78, 5) is 19.4. The zero-order valence-corrected chi connectivity index (χ0v) is 12.6. The summed E-state index contributed by atoms with van der Waals surface area (Å²) < 4.78 is 0. The first kappa shape index (κ1) is 14.7. The second-order valence-corrected chi connectivity index (χ2v) is 6.08. The van der Waals surface area contributed by atoms with Crippen molar-refractivity contribution >= 4 is 17.2 Å². The van der Waals surface area contributed by atoms with E-state index in [1.54, 1.807) is 23.3 Å². The molecule has 0 aliphatic heterocycles. The van der Waals surface area contributed by atoms with E-state index in [0.717, 1.165) is 17.0 Å². The highest BCUT2D eigenvalue weighted by Crippen LogP contribution is 2.14. The molecule has 106 valence electrons. The van der Waals surface area contributed by atoms with Crippen LogP contribution in [0.15, 0.2) is 36.5 Å². The van der Waals surface area contributed by atoms with E-state index < -0.39 is 6.04 Å². The van der Waals surface area contributed by atoms with Gasteiger partial charge in [0.25, 0.3) is 0 Å². The Morgan fingerprint density at radius 3 is 2.70 bits per heavy atom. The Labute approximate surface area is 123 Å². The number of nitrogens with zero attached hydrogens (tertiary/aromatic N) is 2. The molecular formula is C15H19N3OS.